The van der Waals surface area contributed by atoms with Crippen molar-refractivity contribution in [2.75, 3.05) is 11.9 Å². The summed E-state index contributed by atoms with van der Waals surface area (Å²) >= 11 is 9.97. The van der Waals surface area contributed by atoms with Gasteiger partial charge in [-0.25, -0.2) is 0 Å². The molecule has 3 nitrogen and oxygen atoms in total. The van der Waals surface area contributed by atoms with E-state index in [-0.39, 0.29) is 0 Å². The smallest absolute Gasteiger partial charge is 0.180 e. The number of hydrogen-bond acceptors (Lipinski definition) is 3. The average molecular weight is 461 g/mol. The van der Waals surface area contributed by atoms with Gasteiger partial charge < -0.3 is 14.8 Å². The van der Waals surface area contributed by atoms with E-state index < -0.39 is 0 Å². The number of benzene rings is 3. The van der Waals surface area contributed by atoms with Crippen molar-refractivity contribution in [3.63, 3.8) is 0 Å². The highest BCUT2D eigenvalue weighted by Crippen LogP contribution is 2.37. The Morgan fingerprint density at radius 3 is 2.46 bits per heavy atom. The Morgan fingerprint density at radius 2 is 1.75 bits per heavy atom. The third kappa shape index (κ3) is 5.66. The first-order chi connectivity index (χ1) is 13.5. The molecule has 146 valence electrons. The molecule has 3 rings (SSSR count). The van der Waals surface area contributed by atoms with Crippen LogP contribution in [-0.4, -0.2) is 6.61 Å². The van der Waals surface area contributed by atoms with Crippen LogP contribution in [0.2, 0.25) is 5.02 Å². The molecule has 5 heteroatoms. The van der Waals surface area contributed by atoms with Gasteiger partial charge in [0.25, 0.3) is 0 Å². The molecule has 0 spiro atoms. The third-order valence-corrected chi connectivity index (χ3v) is 4.99. The van der Waals surface area contributed by atoms with Crippen LogP contribution in [-0.2, 0) is 13.2 Å². The van der Waals surface area contributed by atoms with E-state index in [1.807, 2.05) is 55.5 Å². The lowest BCUT2D eigenvalue weighted by Crippen LogP contribution is -2.04. The van der Waals surface area contributed by atoms with Crippen molar-refractivity contribution >= 4 is 33.2 Å². The summed E-state index contributed by atoms with van der Waals surface area (Å²) in [6.45, 7) is 5.64. The zero-order chi connectivity index (χ0) is 19.9. The second-order valence-electron chi connectivity index (χ2n) is 6.48. The standard InChI is InChI=1S/C23H23BrClNO2/c1-3-27-22-13-18(14-26-20-6-4-5-16(2)11-20)12-21(25)23(22)28-15-17-7-9-19(24)10-8-17/h4-13,26H,3,14-15H2,1-2H3. The molecule has 0 heterocycles. The van der Waals surface area contributed by atoms with Gasteiger partial charge in [-0.2, -0.15) is 0 Å². The zero-order valence-electron chi connectivity index (χ0n) is 16.0. The highest BCUT2D eigenvalue weighted by atomic mass is 79.9. The van der Waals surface area contributed by atoms with Crippen LogP contribution >= 0.6 is 27.5 Å². The number of aryl methyl sites for hydroxylation is 1. The molecular weight excluding hydrogens is 438 g/mol. The zero-order valence-corrected chi connectivity index (χ0v) is 18.3. The SMILES string of the molecule is CCOc1cc(CNc2cccc(C)c2)cc(Cl)c1OCc1ccc(Br)cc1. The minimum atomic E-state index is 0.425. The molecule has 1 N–H and O–H groups in total. The number of nitrogens with one attached hydrogen (secondary N) is 1. The monoisotopic (exact) mass is 459 g/mol. The van der Waals surface area contributed by atoms with Gasteiger partial charge in [0.15, 0.2) is 11.5 Å². The second kappa shape index (κ2) is 9.85. The topological polar surface area (TPSA) is 30.5 Å². The first kappa shape index (κ1) is 20.6. The minimum absolute atomic E-state index is 0.425. The van der Waals surface area contributed by atoms with Gasteiger partial charge in [-0.3, -0.25) is 0 Å². The predicted octanol–water partition coefficient (Wildman–Crippen LogP) is 7.00. The van der Waals surface area contributed by atoms with E-state index in [9.17, 15) is 0 Å². The van der Waals surface area contributed by atoms with E-state index in [0.717, 1.165) is 21.3 Å². The summed E-state index contributed by atoms with van der Waals surface area (Å²) in [5.41, 5.74) is 4.39. The van der Waals surface area contributed by atoms with E-state index in [1.54, 1.807) is 0 Å². The van der Waals surface area contributed by atoms with Crippen molar-refractivity contribution in [2.45, 2.75) is 27.0 Å². The fourth-order valence-electron chi connectivity index (χ4n) is 2.82. The van der Waals surface area contributed by atoms with Crippen molar-refractivity contribution in [2.24, 2.45) is 0 Å². The predicted molar refractivity (Wildman–Crippen MR) is 120 cm³/mol. The van der Waals surface area contributed by atoms with Crippen molar-refractivity contribution < 1.29 is 9.47 Å². The van der Waals surface area contributed by atoms with Gasteiger partial charge in [0.05, 0.1) is 11.6 Å². The summed E-state index contributed by atoms with van der Waals surface area (Å²) in [5.74, 6) is 1.24. The summed E-state index contributed by atoms with van der Waals surface area (Å²) in [6.07, 6.45) is 0. The van der Waals surface area contributed by atoms with E-state index in [4.69, 9.17) is 21.1 Å². The second-order valence-corrected chi connectivity index (χ2v) is 7.80. The molecule has 3 aromatic carbocycles. The van der Waals surface area contributed by atoms with Crippen LogP contribution in [0.15, 0.2) is 65.1 Å². The highest BCUT2D eigenvalue weighted by molar-refractivity contribution is 9.10. The summed E-state index contributed by atoms with van der Waals surface area (Å²) in [6, 6.07) is 20.2. The molecular formula is C23H23BrClNO2. The Kier molecular flexibility index (Phi) is 7.24. The van der Waals surface area contributed by atoms with E-state index in [2.05, 4.69) is 40.3 Å². The Hall–Kier alpha value is -2.17. The normalized spacial score (nSPS) is 10.6. The molecule has 0 amide bonds. The molecule has 0 aliphatic heterocycles. The summed E-state index contributed by atoms with van der Waals surface area (Å²) < 4.78 is 12.8. The largest absolute Gasteiger partial charge is 0.490 e. The van der Waals surface area contributed by atoms with E-state index in [0.29, 0.717) is 36.3 Å². The molecule has 0 saturated carbocycles. The summed E-state index contributed by atoms with van der Waals surface area (Å²) in [7, 11) is 0. The van der Waals surface area contributed by atoms with Gasteiger partial charge in [-0.05, 0) is 66.9 Å². The fraction of sp³-hybridized carbons (Fsp3) is 0.217. The van der Waals surface area contributed by atoms with Crippen LogP contribution in [0.4, 0.5) is 5.69 Å². The van der Waals surface area contributed by atoms with Crippen LogP contribution in [0.1, 0.15) is 23.6 Å². The molecule has 0 unspecified atom stereocenters. The van der Waals surface area contributed by atoms with Crippen molar-refractivity contribution in [1.29, 1.82) is 0 Å². The van der Waals surface area contributed by atoms with Gasteiger partial charge in [0.1, 0.15) is 6.61 Å². The Morgan fingerprint density at radius 1 is 0.964 bits per heavy atom. The number of rotatable bonds is 8. The van der Waals surface area contributed by atoms with Gasteiger partial charge in [0.2, 0.25) is 0 Å². The molecule has 0 aromatic heterocycles. The number of anilines is 1. The molecule has 0 radical (unpaired) electrons. The lowest BCUT2D eigenvalue weighted by molar-refractivity contribution is 0.269. The first-order valence-corrected chi connectivity index (χ1v) is 10.3. The van der Waals surface area contributed by atoms with Crippen LogP contribution < -0.4 is 14.8 Å². The minimum Gasteiger partial charge on any atom is -0.490 e. The molecule has 0 fully saturated rings. The highest BCUT2D eigenvalue weighted by Gasteiger charge is 2.13. The molecule has 3 aromatic rings. The number of ether oxygens (including phenoxy) is 2. The third-order valence-electron chi connectivity index (χ3n) is 4.18. The molecule has 0 atom stereocenters. The van der Waals surface area contributed by atoms with E-state index >= 15 is 0 Å². The van der Waals surface area contributed by atoms with E-state index in [1.165, 1.54) is 5.56 Å². The van der Waals surface area contributed by atoms with Crippen LogP contribution in [0.25, 0.3) is 0 Å². The van der Waals surface area contributed by atoms with Crippen molar-refractivity contribution in [3.8, 4) is 11.5 Å². The van der Waals surface area contributed by atoms with Gasteiger partial charge in [0, 0.05) is 16.7 Å². The lowest BCUT2D eigenvalue weighted by Gasteiger charge is -2.16. The quantitative estimate of drug-likeness (QED) is 0.392. The van der Waals surface area contributed by atoms with Crippen molar-refractivity contribution in [1.82, 2.24) is 0 Å². The van der Waals surface area contributed by atoms with Gasteiger partial charge >= 0.3 is 0 Å². The van der Waals surface area contributed by atoms with Gasteiger partial charge in [-0.15, -0.1) is 0 Å². The van der Waals surface area contributed by atoms with Crippen LogP contribution in [0, 0.1) is 6.92 Å². The Labute approximate surface area is 179 Å². The first-order valence-electron chi connectivity index (χ1n) is 9.18. The fourth-order valence-corrected chi connectivity index (χ4v) is 3.37. The molecule has 0 bridgehead atoms. The molecule has 0 saturated heterocycles. The molecule has 0 aliphatic carbocycles. The molecule has 28 heavy (non-hydrogen) atoms. The molecule has 0 aliphatic rings. The van der Waals surface area contributed by atoms with Crippen LogP contribution in [0.5, 0.6) is 11.5 Å². The summed E-state index contributed by atoms with van der Waals surface area (Å²) in [5, 5.41) is 3.97. The number of halogens is 2. The maximum atomic E-state index is 6.53. The summed E-state index contributed by atoms with van der Waals surface area (Å²) in [4.78, 5) is 0. The average Bonchev–Trinajstić information content (AvgIpc) is 2.67. The maximum absolute atomic E-state index is 6.53. The maximum Gasteiger partial charge on any atom is 0.180 e. The Bertz CT molecular complexity index is 928. The van der Waals surface area contributed by atoms with Crippen molar-refractivity contribution in [3.05, 3.63) is 86.8 Å². The van der Waals surface area contributed by atoms with Crippen LogP contribution in [0.3, 0.4) is 0 Å². The lowest BCUT2D eigenvalue weighted by atomic mass is 10.1. The number of hydrogen-bond donors (Lipinski definition) is 1. The van der Waals surface area contributed by atoms with Gasteiger partial charge in [-0.1, -0.05) is 51.8 Å². The Balaban J connectivity index is 1.74.